The van der Waals surface area contributed by atoms with Crippen LogP contribution in [0.5, 0.6) is 5.75 Å². The van der Waals surface area contributed by atoms with Crippen LogP contribution in [-0.2, 0) is 17.1 Å². The number of benzene rings is 2. The fraction of sp³-hybridized carbons (Fsp3) is 0.316. The van der Waals surface area contributed by atoms with Gasteiger partial charge in [-0.1, -0.05) is 43.4 Å². The Morgan fingerprint density at radius 2 is 1.93 bits per heavy atom. The molecule has 6 nitrogen and oxygen atoms in total. The minimum atomic E-state index is -3.67. The maximum Gasteiger partial charge on any atom is 0.307 e. The number of para-hydroxylation sites is 1. The van der Waals surface area contributed by atoms with Crippen LogP contribution in [0, 0.1) is 0 Å². The van der Waals surface area contributed by atoms with Gasteiger partial charge >= 0.3 is 4.87 Å². The fourth-order valence-electron chi connectivity index (χ4n) is 2.79. The van der Waals surface area contributed by atoms with Crippen LogP contribution in [0.4, 0.5) is 0 Å². The van der Waals surface area contributed by atoms with E-state index in [1.54, 1.807) is 13.1 Å². The van der Waals surface area contributed by atoms with Gasteiger partial charge in [-0.15, -0.1) is 0 Å². The van der Waals surface area contributed by atoms with Crippen molar-refractivity contribution in [3.63, 3.8) is 0 Å². The predicted molar refractivity (Wildman–Crippen MR) is 108 cm³/mol. The largest absolute Gasteiger partial charge is 0.492 e. The zero-order chi connectivity index (χ0) is 19.6. The van der Waals surface area contributed by atoms with Gasteiger partial charge in [-0.05, 0) is 35.7 Å². The van der Waals surface area contributed by atoms with Gasteiger partial charge in [0.25, 0.3) is 0 Å². The van der Waals surface area contributed by atoms with E-state index in [-0.39, 0.29) is 22.9 Å². The predicted octanol–water partition coefficient (Wildman–Crippen LogP) is 3.08. The Balaban J connectivity index is 1.66. The molecule has 0 saturated heterocycles. The average Bonchev–Trinajstić information content (AvgIpc) is 2.92. The van der Waals surface area contributed by atoms with E-state index in [9.17, 15) is 13.2 Å². The minimum absolute atomic E-state index is 0.121. The highest BCUT2D eigenvalue weighted by atomic mass is 32.2. The van der Waals surface area contributed by atoms with Gasteiger partial charge in [0.15, 0.2) is 0 Å². The van der Waals surface area contributed by atoms with Gasteiger partial charge in [0, 0.05) is 13.6 Å². The molecule has 0 radical (unpaired) electrons. The Morgan fingerprint density at radius 3 is 2.67 bits per heavy atom. The third-order valence-electron chi connectivity index (χ3n) is 4.27. The van der Waals surface area contributed by atoms with Crippen molar-refractivity contribution < 1.29 is 13.2 Å². The van der Waals surface area contributed by atoms with E-state index in [0.717, 1.165) is 28.2 Å². The molecule has 1 N–H and O–H groups in total. The third kappa shape index (κ3) is 4.23. The molecule has 2 aromatic carbocycles. The van der Waals surface area contributed by atoms with E-state index < -0.39 is 10.0 Å². The zero-order valence-electron chi connectivity index (χ0n) is 15.4. The van der Waals surface area contributed by atoms with Crippen molar-refractivity contribution in [1.82, 2.24) is 9.29 Å². The molecule has 0 atom stereocenters. The van der Waals surface area contributed by atoms with Crippen molar-refractivity contribution >= 4 is 31.6 Å². The Labute approximate surface area is 162 Å². The highest BCUT2D eigenvalue weighted by Crippen LogP contribution is 2.25. The zero-order valence-corrected chi connectivity index (χ0v) is 17.1. The second kappa shape index (κ2) is 7.84. The maximum absolute atomic E-state index is 12.5. The molecule has 0 aliphatic rings. The van der Waals surface area contributed by atoms with Gasteiger partial charge in [0.2, 0.25) is 10.0 Å². The second-order valence-corrected chi connectivity index (χ2v) is 9.26. The van der Waals surface area contributed by atoms with Crippen LogP contribution in [0.15, 0.2) is 52.2 Å². The Morgan fingerprint density at radius 1 is 1.19 bits per heavy atom. The number of hydrogen-bond acceptors (Lipinski definition) is 5. The lowest BCUT2D eigenvalue weighted by atomic mass is 10.0. The van der Waals surface area contributed by atoms with Crippen molar-refractivity contribution in [2.45, 2.75) is 24.7 Å². The first-order chi connectivity index (χ1) is 12.8. The smallest absolute Gasteiger partial charge is 0.307 e. The van der Waals surface area contributed by atoms with E-state index in [4.69, 9.17) is 4.74 Å². The summed E-state index contributed by atoms with van der Waals surface area (Å²) in [6, 6.07) is 12.4. The number of aryl methyl sites for hydroxylation is 1. The molecule has 0 fully saturated rings. The van der Waals surface area contributed by atoms with Crippen LogP contribution in [0.1, 0.15) is 25.3 Å². The monoisotopic (exact) mass is 406 g/mol. The summed E-state index contributed by atoms with van der Waals surface area (Å²) in [5, 5.41) is 0. The van der Waals surface area contributed by atoms with Crippen LogP contribution in [0.2, 0.25) is 0 Å². The molecular formula is C19H22N2O4S2. The van der Waals surface area contributed by atoms with Crippen LogP contribution in [-0.4, -0.2) is 26.1 Å². The van der Waals surface area contributed by atoms with Crippen LogP contribution >= 0.6 is 11.3 Å². The number of rotatable bonds is 7. The molecule has 0 aliphatic carbocycles. The topological polar surface area (TPSA) is 77.4 Å². The summed E-state index contributed by atoms with van der Waals surface area (Å²) in [7, 11) is -2.00. The van der Waals surface area contributed by atoms with Crippen molar-refractivity contribution in [3.05, 3.63) is 57.7 Å². The Bertz CT molecular complexity index is 1110. The first-order valence-corrected chi connectivity index (χ1v) is 10.9. The summed E-state index contributed by atoms with van der Waals surface area (Å²) in [6.45, 7) is 4.54. The van der Waals surface area contributed by atoms with E-state index in [1.807, 2.05) is 24.3 Å². The van der Waals surface area contributed by atoms with Gasteiger partial charge in [0.1, 0.15) is 12.4 Å². The summed E-state index contributed by atoms with van der Waals surface area (Å²) in [5.74, 6) is 1.09. The lowest BCUT2D eigenvalue weighted by molar-refractivity contribution is 0.318. The van der Waals surface area contributed by atoms with Crippen LogP contribution < -0.4 is 14.3 Å². The molecule has 27 heavy (non-hydrogen) atoms. The van der Waals surface area contributed by atoms with Gasteiger partial charge in [-0.25, -0.2) is 13.1 Å². The number of nitrogens with one attached hydrogen (secondary N) is 1. The lowest BCUT2D eigenvalue weighted by Crippen LogP contribution is -2.28. The standard InChI is InChI=1S/C19H22N2O4S2/c1-13(2)15-6-4-5-7-17(15)25-11-10-20-27(23,24)14-8-9-16-18(12-14)26-19(22)21(16)3/h4-9,12-13,20H,10-11H2,1-3H3. The lowest BCUT2D eigenvalue weighted by Gasteiger charge is -2.14. The number of fused-ring (bicyclic) bond motifs is 1. The highest BCUT2D eigenvalue weighted by Gasteiger charge is 2.16. The number of ether oxygens (including phenoxy) is 1. The molecule has 3 rings (SSSR count). The van der Waals surface area contributed by atoms with Crippen molar-refractivity contribution in [2.24, 2.45) is 7.05 Å². The Kier molecular flexibility index (Phi) is 5.69. The first kappa shape index (κ1) is 19.6. The van der Waals surface area contributed by atoms with Gasteiger partial charge in [-0.3, -0.25) is 4.79 Å². The quantitative estimate of drug-likeness (QED) is 0.612. The average molecular weight is 407 g/mol. The molecule has 3 aromatic rings. The maximum atomic E-state index is 12.5. The normalized spacial score (nSPS) is 12.0. The van der Waals surface area contributed by atoms with Gasteiger partial charge in [-0.2, -0.15) is 0 Å². The van der Waals surface area contributed by atoms with Crippen molar-refractivity contribution in [3.8, 4) is 5.75 Å². The van der Waals surface area contributed by atoms with Gasteiger partial charge in [0.05, 0.1) is 15.1 Å². The third-order valence-corrected chi connectivity index (χ3v) is 6.72. The van der Waals surface area contributed by atoms with E-state index in [2.05, 4.69) is 18.6 Å². The van der Waals surface area contributed by atoms with E-state index >= 15 is 0 Å². The van der Waals surface area contributed by atoms with E-state index in [1.165, 1.54) is 16.7 Å². The molecule has 0 aliphatic heterocycles. The van der Waals surface area contributed by atoms with Crippen molar-refractivity contribution in [1.29, 1.82) is 0 Å². The number of thiazole rings is 1. The molecule has 0 amide bonds. The van der Waals surface area contributed by atoms with Crippen LogP contribution in [0.25, 0.3) is 10.2 Å². The summed E-state index contributed by atoms with van der Waals surface area (Å²) >= 11 is 1.03. The van der Waals surface area contributed by atoms with E-state index in [0.29, 0.717) is 10.6 Å². The molecule has 0 saturated carbocycles. The second-order valence-electron chi connectivity index (χ2n) is 6.50. The minimum Gasteiger partial charge on any atom is -0.492 e. The van der Waals surface area contributed by atoms with Crippen molar-refractivity contribution in [2.75, 3.05) is 13.2 Å². The number of aromatic nitrogens is 1. The summed E-state index contributed by atoms with van der Waals surface area (Å²) in [5.41, 5.74) is 1.81. The number of hydrogen-bond donors (Lipinski definition) is 1. The fourth-order valence-corrected chi connectivity index (χ4v) is 4.82. The molecule has 1 heterocycles. The number of sulfonamides is 1. The highest BCUT2D eigenvalue weighted by molar-refractivity contribution is 7.89. The number of nitrogens with zero attached hydrogens (tertiary/aromatic N) is 1. The van der Waals surface area contributed by atoms with Gasteiger partial charge < -0.3 is 9.30 Å². The van der Waals surface area contributed by atoms with Crippen LogP contribution in [0.3, 0.4) is 0 Å². The first-order valence-electron chi connectivity index (χ1n) is 8.60. The molecule has 144 valence electrons. The molecule has 0 unspecified atom stereocenters. The Hall–Kier alpha value is -2.16. The summed E-state index contributed by atoms with van der Waals surface area (Å²) in [6.07, 6.45) is 0. The summed E-state index contributed by atoms with van der Waals surface area (Å²) < 4.78 is 35.5. The SMILES string of the molecule is CC(C)c1ccccc1OCCNS(=O)(=O)c1ccc2c(c1)sc(=O)n2C. The molecular weight excluding hydrogens is 384 g/mol. The molecule has 8 heteroatoms. The summed E-state index contributed by atoms with van der Waals surface area (Å²) in [4.78, 5) is 11.7. The molecule has 0 bridgehead atoms. The molecule has 0 spiro atoms. The molecule has 1 aromatic heterocycles.